The van der Waals surface area contributed by atoms with E-state index in [4.69, 9.17) is 23.2 Å². The number of rotatable bonds is 23. The van der Waals surface area contributed by atoms with E-state index in [1.165, 1.54) is 74.5 Å². The summed E-state index contributed by atoms with van der Waals surface area (Å²) < 4.78 is 54.8. The van der Waals surface area contributed by atoms with Gasteiger partial charge in [-0.1, -0.05) is 96.0 Å². The van der Waals surface area contributed by atoms with Crippen molar-refractivity contribution in [3.05, 3.63) is 309 Å². The third-order valence-electron chi connectivity index (χ3n) is 15.5. The zero-order valence-electron chi connectivity index (χ0n) is 52.1. The molecule has 0 fully saturated rings. The number of aromatic nitrogens is 3. The Hall–Kier alpha value is -9.56. The van der Waals surface area contributed by atoms with Crippen LogP contribution >= 0.6 is 23.2 Å². The Morgan fingerprint density at radius 1 is 0.398 bits per heavy atom. The number of carbonyl (C=O) groups excluding carboxylic acids is 4. The van der Waals surface area contributed by atoms with E-state index in [1.807, 2.05) is 81.4 Å². The summed E-state index contributed by atoms with van der Waals surface area (Å²) in [6, 6.07) is 50.4. The standard InChI is InChI=1S/C25H26FN3O3.C24H25FN2O4S.C23H22Cl2N2O2/c1-3-29-16-20(10-13-23(29)30)25(32)28-15-14-22(18-8-11-21(26)12-9-18)17-4-6-19(7-5-17)24(31)27-2;1-3-27-16-19(8-13-23(27)28)24(29)26-15-14-22(17-4-9-20(25)10-5-17)18-6-11-21(12-7-18)32(2,30)31;1-2-27-15-18(7-12-22(27)28)23(29)26-14-13-21(16-3-8-19(24)9-4-16)17-5-10-20(25)11-6-17/h4-13,16,22H,3,14-15H2,1-2H3,(H,27,31)(H,28,32);4-13,16,22H,3,14-15H2,1-2H3,(H,26,29);3-12,15,21H,2,13-14H2,1H3,(H,26,29). The molecule has 0 saturated heterocycles. The Bertz CT molecular complexity index is 4260. The molecule has 3 aromatic heterocycles. The van der Waals surface area contributed by atoms with Crippen LogP contribution in [0.1, 0.15) is 133 Å². The second-order valence-corrected chi connectivity index (χ2v) is 24.6. The van der Waals surface area contributed by atoms with Gasteiger partial charge in [-0.2, -0.15) is 0 Å². The summed E-state index contributed by atoms with van der Waals surface area (Å²) in [7, 11) is -1.74. The highest BCUT2D eigenvalue weighted by atomic mass is 35.5. The van der Waals surface area contributed by atoms with Crippen LogP contribution in [0.5, 0.6) is 0 Å². The summed E-state index contributed by atoms with van der Waals surface area (Å²) in [6.07, 6.45) is 7.62. The molecule has 9 rings (SSSR count). The molecule has 16 nitrogen and oxygen atoms in total. The molecule has 2 atom stereocenters. The molecule has 93 heavy (non-hydrogen) atoms. The van der Waals surface area contributed by atoms with Gasteiger partial charge in [-0.05, 0) is 164 Å². The predicted molar refractivity (Wildman–Crippen MR) is 361 cm³/mol. The third-order valence-corrected chi connectivity index (χ3v) is 17.1. The first-order valence-electron chi connectivity index (χ1n) is 30.2. The molecule has 9 aromatic rings. The van der Waals surface area contributed by atoms with E-state index in [9.17, 15) is 50.8 Å². The monoisotopic (exact) mass is 1320 g/mol. The lowest BCUT2D eigenvalue weighted by atomic mass is 9.88. The van der Waals surface area contributed by atoms with E-state index in [1.54, 1.807) is 86.2 Å². The molecule has 2 unspecified atom stereocenters. The van der Waals surface area contributed by atoms with Gasteiger partial charge >= 0.3 is 0 Å². The van der Waals surface area contributed by atoms with Crippen molar-refractivity contribution < 1.29 is 36.4 Å². The van der Waals surface area contributed by atoms with E-state index in [-0.39, 0.29) is 74.6 Å². The van der Waals surface area contributed by atoms with Gasteiger partial charge in [0.15, 0.2) is 9.84 Å². The predicted octanol–water partition coefficient (Wildman–Crippen LogP) is 11.8. The van der Waals surface area contributed by atoms with Crippen LogP contribution in [-0.4, -0.2) is 78.7 Å². The van der Waals surface area contributed by atoms with Gasteiger partial charge < -0.3 is 35.0 Å². The van der Waals surface area contributed by atoms with Crippen molar-refractivity contribution in [3.8, 4) is 0 Å². The largest absolute Gasteiger partial charge is 0.355 e. The smallest absolute Gasteiger partial charge is 0.252 e. The molecule has 0 spiro atoms. The number of amides is 4. The van der Waals surface area contributed by atoms with Crippen LogP contribution in [0, 0.1) is 11.6 Å². The summed E-state index contributed by atoms with van der Waals surface area (Å²) in [5, 5.41) is 12.7. The summed E-state index contributed by atoms with van der Waals surface area (Å²) >= 11 is 12.1. The van der Waals surface area contributed by atoms with Crippen molar-refractivity contribution in [1.82, 2.24) is 35.0 Å². The van der Waals surface area contributed by atoms with Crippen LogP contribution in [0.15, 0.2) is 220 Å². The number of hydrogen-bond acceptors (Lipinski definition) is 9. The first-order valence-corrected chi connectivity index (χ1v) is 32.8. The van der Waals surface area contributed by atoms with Crippen LogP contribution in [0.4, 0.5) is 8.78 Å². The zero-order chi connectivity index (χ0) is 67.2. The lowest BCUT2D eigenvalue weighted by Gasteiger charge is -2.19. The number of aryl methyl sites for hydroxylation is 3. The van der Waals surface area contributed by atoms with E-state index < -0.39 is 9.84 Å². The summed E-state index contributed by atoms with van der Waals surface area (Å²) in [6.45, 7) is 8.20. The highest BCUT2D eigenvalue weighted by Crippen LogP contribution is 2.32. The normalized spacial score (nSPS) is 11.6. The van der Waals surface area contributed by atoms with Crippen molar-refractivity contribution in [2.75, 3.05) is 32.9 Å². The fraction of sp³-hybridized carbons (Fsp3) is 0.236. The SMILES string of the molecule is CCn1cc(C(=O)NCCC(c2ccc(Cl)cc2)c2ccc(Cl)cc2)ccc1=O.CCn1cc(C(=O)NCCC(c2ccc(F)cc2)c2ccc(C(=O)NC)cc2)ccc1=O.CCn1cc(C(=O)NCCC(c2ccc(F)cc2)c2ccc(S(C)(=O)=O)cc2)ccc1=O. The molecular weight excluding hydrogens is 1250 g/mol. The first kappa shape index (κ1) is 70.9. The molecule has 0 radical (unpaired) electrons. The van der Waals surface area contributed by atoms with E-state index in [0.29, 0.717) is 90.8 Å². The summed E-state index contributed by atoms with van der Waals surface area (Å²) in [5.41, 5.74) is 7.21. The quantitative estimate of drug-likeness (QED) is 0.0478. The molecular formula is C72H73Cl2F2N7O9S. The highest BCUT2D eigenvalue weighted by molar-refractivity contribution is 7.90. The molecule has 0 aliphatic rings. The van der Waals surface area contributed by atoms with Gasteiger partial charge in [0.25, 0.3) is 40.3 Å². The van der Waals surface area contributed by atoms with Gasteiger partial charge in [0, 0.05) is 123 Å². The lowest BCUT2D eigenvalue weighted by molar-refractivity contribution is 0.0943. The number of pyridine rings is 3. The number of sulfone groups is 1. The molecule has 0 aliphatic heterocycles. The summed E-state index contributed by atoms with van der Waals surface area (Å²) in [4.78, 5) is 84.8. The number of benzene rings is 6. The average Bonchev–Trinajstić information content (AvgIpc) is 0.997. The Morgan fingerprint density at radius 3 is 0.925 bits per heavy atom. The molecule has 484 valence electrons. The average molecular weight is 1320 g/mol. The number of nitrogens with zero attached hydrogens (tertiary/aromatic N) is 3. The van der Waals surface area contributed by atoms with E-state index >= 15 is 0 Å². The Kier molecular flexibility index (Phi) is 26.1. The van der Waals surface area contributed by atoms with Gasteiger partial charge in [0.2, 0.25) is 0 Å². The Morgan fingerprint density at radius 2 is 0.656 bits per heavy atom. The zero-order valence-corrected chi connectivity index (χ0v) is 54.4. The Balaban J connectivity index is 0.000000198. The maximum atomic E-state index is 13.4. The molecule has 0 saturated carbocycles. The minimum absolute atomic E-state index is 0.0921. The molecule has 6 aromatic carbocycles. The molecule has 4 N–H and O–H groups in total. The van der Waals surface area contributed by atoms with Gasteiger partial charge in [-0.25, -0.2) is 17.2 Å². The minimum Gasteiger partial charge on any atom is -0.355 e. The van der Waals surface area contributed by atoms with Crippen molar-refractivity contribution in [2.45, 2.75) is 82.3 Å². The first-order chi connectivity index (χ1) is 44.6. The van der Waals surface area contributed by atoms with Crippen LogP contribution in [-0.2, 0) is 29.5 Å². The molecule has 0 bridgehead atoms. The number of nitrogens with one attached hydrogen (secondary N) is 4. The second kappa shape index (κ2) is 34.2. The van der Waals surface area contributed by atoms with Crippen LogP contribution in [0.25, 0.3) is 0 Å². The third kappa shape index (κ3) is 20.5. The lowest BCUT2D eigenvalue weighted by Crippen LogP contribution is -2.28. The molecule has 4 amide bonds. The fourth-order valence-corrected chi connectivity index (χ4v) is 11.2. The maximum Gasteiger partial charge on any atom is 0.252 e. The summed E-state index contributed by atoms with van der Waals surface area (Å²) in [5.74, 6) is -1.77. The van der Waals surface area contributed by atoms with Crippen LogP contribution in [0.3, 0.4) is 0 Å². The van der Waals surface area contributed by atoms with Gasteiger partial charge in [0.1, 0.15) is 11.6 Å². The Labute approximate surface area is 549 Å². The second-order valence-electron chi connectivity index (χ2n) is 21.7. The van der Waals surface area contributed by atoms with Crippen molar-refractivity contribution in [2.24, 2.45) is 0 Å². The van der Waals surface area contributed by atoms with Gasteiger partial charge in [-0.15, -0.1) is 0 Å². The number of carbonyl (C=O) groups is 4. The van der Waals surface area contributed by atoms with Crippen LogP contribution in [0.2, 0.25) is 10.0 Å². The van der Waals surface area contributed by atoms with Crippen LogP contribution < -0.4 is 37.9 Å². The maximum absolute atomic E-state index is 13.4. The fourth-order valence-electron chi connectivity index (χ4n) is 10.4. The van der Waals surface area contributed by atoms with Crippen molar-refractivity contribution in [1.29, 1.82) is 0 Å². The molecule has 3 heterocycles. The van der Waals surface area contributed by atoms with E-state index in [0.717, 1.165) is 39.6 Å². The van der Waals surface area contributed by atoms with E-state index in [2.05, 4.69) is 21.3 Å². The van der Waals surface area contributed by atoms with Crippen molar-refractivity contribution in [3.63, 3.8) is 0 Å². The highest BCUT2D eigenvalue weighted by Gasteiger charge is 2.20. The molecule has 21 heteroatoms. The molecule has 0 aliphatic carbocycles. The number of hydrogen-bond donors (Lipinski definition) is 4. The number of halogens is 4. The minimum atomic E-state index is -3.31. The van der Waals surface area contributed by atoms with Crippen molar-refractivity contribution >= 4 is 56.7 Å². The van der Waals surface area contributed by atoms with Gasteiger partial charge in [-0.3, -0.25) is 33.6 Å². The topological polar surface area (TPSA) is 217 Å². The van der Waals surface area contributed by atoms with Gasteiger partial charge in [0.05, 0.1) is 21.6 Å².